The lowest BCUT2D eigenvalue weighted by Crippen LogP contribution is -2.42. The highest BCUT2D eigenvalue weighted by Crippen LogP contribution is 2.22. The topological polar surface area (TPSA) is 41.6 Å². The molecule has 0 bridgehead atoms. The molecule has 96 valence electrons. The number of hydrogen-bond donors (Lipinski definition) is 1. The molecule has 17 heavy (non-hydrogen) atoms. The molecule has 3 nitrogen and oxygen atoms in total. The monoisotopic (exact) mass is 403 g/mol. The van der Waals surface area contributed by atoms with Gasteiger partial charge in [-0.2, -0.15) is 11.8 Å². The maximum atomic E-state index is 5.94. The molecule has 0 aromatic carbocycles. The van der Waals surface area contributed by atoms with E-state index in [0.29, 0.717) is 12.5 Å². The number of thioether (sulfide) groups is 1. The molecule has 2 heterocycles. The number of nitrogens with zero attached hydrogens (tertiary/aromatic N) is 2. The first-order valence-corrected chi connectivity index (χ1v) is 7.47. The molecular formula is C10H15ClIN3S2. The number of guanidine groups is 1. The molecule has 7 heteroatoms. The van der Waals surface area contributed by atoms with Gasteiger partial charge in [0.05, 0.1) is 10.9 Å². The summed E-state index contributed by atoms with van der Waals surface area (Å²) < 4.78 is 0.804. The standard InChI is InChI=1S/C10H14ClN3S2.HI/c11-9-2-1-8(16-9)7-13-10(12)14-3-5-15-6-4-14;/h1-2H,3-7H2,(H2,12,13);1H. The number of rotatable bonds is 2. The van der Waals surface area contributed by atoms with E-state index in [1.165, 1.54) is 0 Å². The van der Waals surface area contributed by atoms with Crippen molar-refractivity contribution in [1.82, 2.24) is 4.90 Å². The Labute approximate surface area is 132 Å². The fraction of sp³-hybridized carbons (Fsp3) is 0.500. The van der Waals surface area contributed by atoms with Crippen molar-refractivity contribution in [3.8, 4) is 0 Å². The molecule has 0 aliphatic carbocycles. The Bertz CT molecular complexity index is 377. The third kappa shape index (κ3) is 4.84. The van der Waals surface area contributed by atoms with Crippen molar-refractivity contribution in [1.29, 1.82) is 0 Å². The van der Waals surface area contributed by atoms with Crippen LogP contribution in [-0.4, -0.2) is 35.5 Å². The fourth-order valence-corrected chi connectivity index (χ4v) is 3.40. The zero-order valence-electron chi connectivity index (χ0n) is 9.26. The minimum absolute atomic E-state index is 0. The van der Waals surface area contributed by atoms with Gasteiger partial charge in [0.2, 0.25) is 0 Å². The van der Waals surface area contributed by atoms with Crippen molar-refractivity contribution in [2.75, 3.05) is 24.6 Å². The van der Waals surface area contributed by atoms with Crippen LogP contribution in [0.2, 0.25) is 4.34 Å². The lowest BCUT2D eigenvalue weighted by molar-refractivity contribution is 0.456. The highest BCUT2D eigenvalue weighted by Gasteiger charge is 2.11. The third-order valence-corrected chi connectivity index (χ3v) is 4.52. The molecule has 0 atom stereocenters. The average Bonchev–Trinajstić information content (AvgIpc) is 2.73. The first-order chi connectivity index (χ1) is 7.75. The summed E-state index contributed by atoms with van der Waals surface area (Å²) in [5.41, 5.74) is 5.94. The Morgan fingerprint density at radius 3 is 2.71 bits per heavy atom. The smallest absolute Gasteiger partial charge is 0.191 e. The summed E-state index contributed by atoms with van der Waals surface area (Å²) in [6.07, 6.45) is 0. The molecule has 1 fully saturated rings. The van der Waals surface area contributed by atoms with E-state index >= 15 is 0 Å². The molecule has 1 aromatic rings. The summed E-state index contributed by atoms with van der Waals surface area (Å²) in [5.74, 6) is 2.94. The predicted molar refractivity (Wildman–Crippen MR) is 89.0 cm³/mol. The molecule has 1 saturated heterocycles. The van der Waals surface area contributed by atoms with Gasteiger partial charge >= 0.3 is 0 Å². The van der Waals surface area contributed by atoms with Gasteiger partial charge in [0, 0.05) is 29.5 Å². The molecule has 0 unspecified atom stereocenters. The number of halogens is 2. The predicted octanol–water partition coefficient (Wildman–Crippen LogP) is 2.88. The molecule has 1 aliphatic heterocycles. The van der Waals surface area contributed by atoms with Gasteiger partial charge in [-0.15, -0.1) is 35.3 Å². The van der Waals surface area contributed by atoms with Crippen molar-refractivity contribution < 1.29 is 0 Å². The van der Waals surface area contributed by atoms with Crippen molar-refractivity contribution in [3.05, 3.63) is 21.3 Å². The summed E-state index contributed by atoms with van der Waals surface area (Å²) >= 11 is 9.37. The lowest BCUT2D eigenvalue weighted by atomic mass is 10.5. The van der Waals surface area contributed by atoms with Gasteiger partial charge in [-0.25, -0.2) is 4.99 Å². The maximum Gasteiger partial charge on any atom is 0.191 e. The Hall–Kier alpha value is 0.340. The Morgan fingerprint density at radius 2 is 2.12 bits per heavy atom. The van der Waals surface area contributed by atoms with E-state index < -0.39 is 0 Å². The Balaban J connectivity index is 0.00000144. The molecular weight excluding hydrogens is 389 g/mol. The van der Waals surface area contributed by atoms with E-state index in [1.807, 2.05) is 23.9 Å². The van der Waals surface area contributed by atoms with Crippen LogP contribution in [-0.2, 0) is 6.54 Å². The van der Waals surface area contributed by atoms with Gasteiger partial charge in [-0.1, -0.05) is 11.6 Å². The van der Waals surface area contributed by atoms with Crippen LogP contribution in [0.4, 0.5) is 0 Å². The van der Waals surface area contributed by atoms with Gasteiger partial charge in [-0.3, -0.25) is 0 Å². The summed E-state index contributed by atoms with van der Waals surface area (Å²) in [7, 11) is 0. The highest BCUT2D eigenvalue weighted by molar-refractivity contribution is 14.0. The van der Waals surface area contributed by atoms with Crippen LogP contribution < -0.4 is 5.73 Å². The van der Waals surface area contributed by atoms with Gasteiger partial charge in [0.25, 0.3) is 0 Å². The zero-order valence-corrected chi connectivity index (χ0v) is 14.0. The molecule has 0 amide bonds. The van der Waals surface area contributed by atoms with Crippen molar-refractivity contribution in [3.63, 3.8) is 0 Å². The molecule has 2 N–H and O–H groups in total. The van der Waals surface area contributed by atoms with E-state index in [2.05, 4.69) is 9.89 Å². The van der Waals surface area contributed by atoms with E-state index in [1.54, 1.807) is 11.3 Å². The Kier molecular flexibility index (Phi) is 6.98. The van der Waals surface area contributed by atoms with Crippen LogP contribution in [0.3, 0.4) is 0 Å². The maximum absolute atomic E-state index is 5.94. The molecule has 2 rings (SSSR count). The van der Waals surface area contributed by atoms with Crippen LogP contribution >= 0.6 is 58.7 Å². The highest BCUT2D eigenvalue weighted by atomic mass is 127. The number of nitrogens with two attached hydrogens (primary N) is 1. The van der Waals surface area contributed by atoms with Crippen molar-refractivity contribution in [2.45, 2.75) is 6.54 Å². The van der Waals surface area contributed by atoms with E-state index in [0.717, 1.165) is 33.8 Å². The fourth-order valence-electron chi connectivity index (χ4n) is 1.49. The second-order valence-electron chi connectivity index (χ2n) is 3.48. The molecule has 0 radical (unpaired) electrons. The Morgan fingerprint density at radius 1 is 1.41 bits per heavy atom. The van der Waals surface area contributed by atoms with Crippen molar-refractivity contribution >= 4 is 64.6 Å². The van der Waals surface area contributed by atoms with Gasteiger partial charge in [0.1, 0.15) is 0 Å². The molecule has 1 aliphatic rings. The molecule has 0 spiro atoms. The van der Waals surface area contributed by atoms with Gasteiger partial charge < -0.3 is 10.6 Å². The van der Waals surface area contributed by atoms with Crippen LogP contribution in [0.1, 0.15) is 4.88 Å². The molecule has 0 saturated carbocycles. The lowest BCUT2D eigenvalue weighted by Gasteiger charge is -2.27. The summed E-state index contributed by atoms with van der Waals surface area (Å²) in [6, 6.07) is 3.89. The minimum atomic E-state index is 0. The van der Waals surface area contributed by atoms with Crippen molar-refractivity contribution in [2.24, 2.45) is 10.7 Å². The van der Waals surface area contributed by atoms with E-state index in [4.69, 9.17) is 17.3 Å². The second kappa shape index (κ2) is 7.70. The number of thiophene rings is 1. The molecule has 1 aromatic heterocycles. The number of hydrogen-bond acceptors (Lipinski definition) is 3. The third-order valence-electron chi connectivity index (χ3n) is 2.36. The zero-order chi connectivity index (χ0) is 11.4. The second-order valence-corrected chi connectivity index (χ2v) is 6.50. The number of aliphatic imine (C=N–C) groups is 1. The van der Waals surface area contributed by atoms with Crippen LogP contribution in [0.15, 0.2) is 17.1 Å². The first kappa shape index (κ1) is 15.4. The normalized spacial score (nSPS) is 16.8. The van der Waals surface area contributed by atoms with Crippen LogP contribution in [0.5, 0.6) is 0 Å². The van der Waals surface area contributed by atoms with Gasteiger partial charge in [-0.05, 0) is 12.1 Å². The van der Waals surface area contributed by atoms with Gasteiger partial charge in [0.15, 0.2) is 5.96 Å². The van der Waals surface area contributed by atoms with Crippen LogP contribution in [0, 0.1) is 0 Å². The first-order valence-electron chi connectivity index (χ1n) is 5.12. The quantitative estimate of drug-likeness (QED) is 0.469. The summed E-state index contributed by atoms with van der Waals surface area (Å²) in [5, 5.41) is 0. The van der Waals surface area contributed by atoms with E-state index in [-0.39, 0.29) is 24.0 Å². The van der Waals surface area contributed by atoms with E-state index in [9.17, 15) is 0 Å². The average molecular weight is 404 g/mol. The minimum Gasteiger partial charge on any atom is -0.370 e. The summed E-state index contributed by atoms with van der Waals surface area (Å²) in [6.45, 7) is 2.64. The summed E-state index contributed by atoms with van der Waals surface area (Å²) in [4.78, 5) is 7.69. The van der Waals surface area contributed by atoms with Crippen LogP contribution in [0.25, 0.3) is 0 Å². The SMILES string of the molecule is I.NC(=NCc1ccc(Cl)s1)N1CCSCC1. The largest absolute Gasteiger partial charge is 0.370 e.